The minimum atomic E-state index is -0.338. The fraction of sp³-hybridized carbons (Fsp3) is 0.458. The molecule has 2 saturated heterocycles. The molecule has 35 heavy (non-hydrogen) atoms. The lowest BCUT2D eigenvalue weighted by Crippen LogP contribution is -2.49. The van der Waals surface area contributed by atoms with Gasteiger partial charge in [-0.2, -0.15) is 0 Å². The van der Waals surface area contributed by atoms with E-state index in [1.165, 1.54) is 16.2 Å². The lowest BCUT2D eigenvalue weighted by molar-refractivity contribution is -0.123. The molecule has 3 aliphatic rings. The van der Waals surface area contributed by atoms with Gasteiger partial charge in [0.2, 0.25) is 0 Å². The van der Waals surface area contributed by atoms with Gasteiger partial charge in [-0.15, -0.1) is 0 Å². The Kier molecular flexibility index (Phi) is 6.79. The van der Waals surface area contributed by atoms with Crippen molar-refractivity contribution in [3.63, 3.8) is 0 Å². The van der Waals surface area contributed by atoms with E-state index in [0.29, 0.717) is 59.0 Å². The predicted octanol–water partition coefficient (Wildman–Crippen LogP) is 3.12. The minimum Gasteiger partial charge on any atom is -0.450 e. The van der Waals surface area contributed by atoms with Crippen LogP contribution in [0.25, 0.3) is 11.7 Å². The Morgan fingerprint density at radius 2 is 1.94 bits per heavy atom. The number of rotatable bonds is 4. The number of thiocarbonyl (C=S) groups is 1. The molecule has 9 nitrogen and oxygen atoms in total. The predicted molar refractivity (Wildman–Crippen MR) is 140 cm³/mol. The highest BCUT2D eigenvalue weighted by Crippen LogP contribution is 2.38. The number of fused-ring (bicyclic) bond motifs is 1. The maximum atomic E-state index is 13.6. The number of pyridine rings is 1. The Morgan fingerprint density at radius 1 is 1.20 bits per heavy atom. The molecular weight excluding hydrogens is 486 g/mol. The third-order valence-electron chi connectivity index (χ3n) is 6.64. The number of amides is 2. The maximum Gasteiger partial charge on any atom is 0.409 e. The third kappa shape index (κ3) is 4.54. The van der Waals surface area contributed by atoms with E-state index >= 15 is 0 Å². The van der Waals surface area contributed by atoms with Crippen molar-refractivity contribution in [2.24, 2.45) is 0 Å². The SMILES string of the molecule is CCOC(=O)N1CCN(c2nc3ccccn3c(=O)c2/C=C2\SC(=S)N(C3CCCC3)C2=O)CC1. The summed E-state index contributed by atoms with van der Waals surface area (Å²) in [5.41, 5.74) is 0.630. The molecule has 1 saturated carbocycles. The van der Waals surface area contributed by atoms with E-state index in [1.807, 2.05) is 11.0 Å². The molecule has 3 fully saturated rings. The van der Waals surface area contributed by atoms with Gasteiger partial charge in [-0.25, -0.2) is 9.78 Å². The first-order chi connectivity index (χ1) is 17.0. The molecule has 0 N–H and O–H groups in total. The number of piperazine rings is 1. The summed E-state index contributed by atoms with van der Waals surface area (Å²) in [6, 6.07) is 5.52. The van der Waals surface area contributed by atoms with E-state index < -0.39 is 0 Å². The van der Waals surface area contributed by atoms with Crippen LogP contribution in [0.1, 0.15) is 38.2 Å². The van der Waals surface area contributed by atoms with Gasteiger partial charge in [0.15, 0.2) is 0 Å². The van der Waals surface area contributed by atoms with Crippen LogP contribution < -0.4 is 10.5 Å². The van der Waals surface area contributed by atoms with Crippen molar-refractivity contribution in [2.75, 3.05) is 37.7 Å². The second kappa shape index (κ2) is 9.98. The van der Waals surface area contributed by atoms with Crippen molar-refractivity contribution < 1.29 is 14.3 Å². The monoisotopic (exact) mass is 513 g/mol. The Bertz CT molecular complexity index is 1260. The summed E-state index contributed by atoms with van der Waals surface area (Å²) in [5, 5.41) is 0. The van der Waals surface area contributed by atoms with Gasteiger partial charge in [-0.3, -0.25) is 18.9 Å². The van der Waals surface area contributed by atoms with Crippen LogP contribution in [-0.2, 0) is 9.53 Å². The summed E-state index contributed by atoms with van der Waals surface area (Å²) < 4.78 is 7.15. The first kappa shape index (κ1) is 23.8. The average molecular weight is 514 g/mol. The smallest absolute Gasteiger partial charge is 0.409 e. The highest BCUT2D eigenvalue weighted by Gasteiger charge is 2.38. The molecule has 0 radical (unpaired) electrons. The lowest BCUT2D eigenvalue weighted by atomic mass is 10.2. The lowest BCUT2D eigenvalue weighted by Gasteiger charge is -2.35. The van der Waals surface area contributed by atoms with Crippen molar-refractivity contribution in [3.05, 3.63) is 45.2 Å². The van der Waals surface area contributed by atoms with Crippen LogP contribution in [0.2, 0.25) is 0 Å². The summed E-state index contributed by atoms with van der Waals surface area (Å²) >= 11 is 6.79. The number of thioether (sulfide) groups is 1. The van der Waals surface area contributed by atoms with Crippen molar-refractivity contribution >= 4 is 57.8 Å². The summed E-state index contributed by atoms with van der Waals surface area (Å²) in [6.07, 6.45) is 7.09. The normalized spacial score (nSPS) is 20.5. The molecule has 0 aromatic carbocycles. The molecule has 11 heteroatoms. The van der Waals surface area contributed by atoms with Crippen LogP contribution in [0.15, 0.2) is 34.1 Å². The second-order valence-corrected chi connectivity index (χ2v) is 10.4. The highest BCUT2D eigenvalue weighted by atomic mass is 32.2. The van der Waals surface area contributed by atoms with Crippen molar-refractivity contribution in [1.29, 1.82) is 0 Å². The molecule has 1 aliphatic carbocycles. The fourth-order valence-corrected chi connectivity index (χ4v) is 6.24. The molecule has 2 aromatic rings. The van der Waals surface area contributed by atoms with Gasteiger partial charge in [0.05, 0.1) is 17.1 Å². The van der Waals surface area contributed by atoms with Crippen LogP contribution in [0.5, 0.6) is 0 Å². The zero-order valence-electron chi connectivity index (χ0n) is 19.5. The number of aromatic nitrogens is 2. The molecule has 0 spiro atoms. The van der Waals surface area contributed by atoms with E-state index in [0.717, 1.165) is 25.7 Å². The van der Waals surface area contributed by atoms with Crippen molar-refractivity contribution in [3.8, 4) is 0 Å². The van der Waals surface area contributed by atoms with E-state index in [4.69, 9.17) is 21.9 Å². The van der Waals surface area contributed by atoms with Crippen LogP contribution in [0.3, 0.4) is 0 Å². The molecule has 5 rings (SSSR count). The van der Waals surface area contributed by atoms with E-state index in [9.17, 15) is 14.4 Å². The summed E-state index contributed by atoms with van der Waals surface area (Å²) in [7, 11) is 0. The van der Waals surface area contributed by atoms with Gasteiger partial charge in [-0.05, 0) is 38.0 Å². The quantitative estimate of drug-likeness (QED) is 0.455. The van der Waals surface area contributed by atoms with Crippen LogP contribution in [0, 0.1) is 0 Å². The van der Waals surface area contributed by atoms with Crippen LogP contribution in [-0.4, -0.2) is 74.3 Å². The van der Waals surface area contributed by atoms with Crippen molar-refractivity contribution in [1.82, 2.24) is 19.2 Å². The summed E-state index contributed by atoms with van der Waals surface area (Å²) in [5.74, 6) is 0.374. The van der Waals surface area contributed by atoms with Crippen LogP contribution >= 0.6 is 24.0 Å². The molecule has 0 bridgehead atoms. The Morgan fingerprint density at radius 3 is 2.66 bits per heavy atom. The zero-order valence-corrected chi connectivity index (χ0v) is 21.1. The number of hydrogen-bond acceptors (Lipinski definition) is 8. The molecule has 2 aromatic heterocycles. The van der Waals surface area contributed by atoms with Crippen LogP contribution in [0.4, 0.5) is 10.6 Å². The highest BCUT2D eigenvalue weighted by molar-refractivity contribution is 8.26. The number of anilines is 1. The largest absolute Gasteiger partial charge is 0.450 e. The van der Waals surface area contributed by atoms with Gasteiger partial charge in [0, 0.05) is 38.4 Å². The molecule has 0 unspecified atom stereocenters. The molecular formula is C24H27N5O4S2. The van der Waals surface area contributed by atoms with Gasteiger partial charge in [0.25, 0.3) is 11.5 Å². The molecule has 184 valence electrons. The van der Waals surface area contributed by atoms with Crippen molar-refractivity contribution in [2.45, 2.75) is 38.6 Å². The minimum absolute atomic E-state index is 0.137. The number of nitrogens with zero attached hydrogens (tertiary/aromatic N) is 5. The van der Waals surface area contributed by atoms with Gasteiger partial charge in [-0.1, -0.05) is 42.9 Å². The van der Waals surface area contributed by atoms with E-state index in [-0.39, 0.29) is 23.6 Å². The first-order valence-corrected chi connectivity index (χ1v) is 13.2. The van der Waals surface area contributed by atoms with E-state index in [1.54, 1.807) is 41.1 Å². The second-order valence-electron chi connectivity index (χ2n) is 8.75. The fourth-order valence-electron chi connectivity index (χ4n) is 4.86. The third-order valence-corrected chi connectivity index (χ3v) is 7.97. The summed E-state index contributed by atoms with van der Waals surface area (Å²) in [4.78, 5) is 49.6. The van der Waals surface area contributed by atoms with Gasteiger partial charge in [0.1, 0.15) is 15.8 Å². The first-order valence-electron chi connectivity index (χ1n) is 11.9. The number of carbonyl (C=O) groups is 2. The Labute approximate surface area is 212 Å². The number of hydrogen-bond donors (Lipinski definition) is 0. The number of carbonyl (C=O) groups excluding carboxylic acids is 2. The molecule has 2 aliphatic heterocycles. The molecule has 4 heterocycles. The van der Waals surface area contributed by atoms with Gasteiger partial charge >= 0.3 is 6.09 Å². The summed E-state index contributed by atoms with van der Waals surface area (Å²) in [6.45, 7) is 4.01. The Hall–Kier alpha value is -2.92. The average Bonchev–Trinajstić information content (AvgIpc) is 3.48. The molecule has 0 atom stereocenters. The molecule has 2 amide bonds. The topological polar surface area (TPSA) is 87.5 Å². The van der Waals surface area contributed by atoms with E-state index in [2.05, 4.69) is 0 Å². The standard InChI is InChI=1S/C24H27N5O4S2/c1-2-33-23(32)27-13-11-26(12-14-27)20-17(21(30)28-10-6-5-9-19(28)25-20)15-18-22(31)29(24(34)35-18)16-7-3-4-8-16/h5-6,9-10,15-16H,2-4,7-8,11-14H2,1H3/b18-15-. The number of ether oxygens (including phenoxy) is 1. The van der Waals surface area contributed by atoms with Gasteiger partial charge < -0.3 is 14.5 Å². The Balaban J connectivity index is 1.51. The zero-order chi connectivity index (χ0) is 24.5. The maximum absolute atomic E-state index is 13.6.